The lowest BCUT2D eigenvalue weighted by molar-refractivity contribution is 0.236. The van der Waals surface area contributed by atoms with Gasteiger partial charge in [-0.1, -0.05) is 0 Å². The van der Waals surface area contributed by atoms with Gasteiger partial charge in [-0.15, -0.1) is 0 Å². The molecule has 0 aromatic heterocycles. The number of hydrogen-bond acceptors (Lipinski definition) is 2. The van der Waals surface area contributed by atoms with Gasteiger partial charge >= 0.3 is 0 Å². The lowest BCUT2D eigenvalue weighted by atomic mass is 9.97. The van der Waals surface area contributed by atoms with Crippen molar-refractivity contribution in [2.24, 2.45) is 11.8 Å². The van der Waals surface area contributed by atoms with E-state index in [0.717, 1.165) is 17.9 Å². The molecule has 2 nitrogen and oxygen atoms in total. The molecular weight excluding hydrogens is 136 g/mol. The van der Waals surface area contributed by atoms with E-state index in [-0.39, 0.29) is 0 Å². The van der Waals surface area contributed by atoms with E-state index in [1.807, 2.05) is 0 Å². The maximum absolute atomic E-state index is 3.48. The SMILES string of the molecule is CN(C)[C@@H]1CCC2CNCC21. The lowest BCUT2D eigenvalue weighted by Gasteiger charge is -2.24. The molecule has 1 aliphatic carbocycles. The lowest BCUT2D eigenvalue weighted by Crippen LogP contribution is -2.34. The predicted octanol–water partition coefficient (Wildman–Crippen LogP) is 0.546. The standard InChI is InChI=1S/C9H18N2/c1-11(2)9-4-3-7-5-10-6-8(7)9/h7-10H,3-6H2,1-2H3/t7?,8?,9-/m1/s1. The van der Waals surface area contributed by atoms with Crippen LogP contribution in [-0.4, -0.2) is 38.1 Å². The van der Waals surface area contributed by atoms with E-state index in [1.54, 1.807) is 0 Å². The van der Waals surface area contributed by atoms with Crippen molar-refractivity contribution in [1.82, 2.24) is 10.2 Å². The first-order valence-corrected chi connectivity index (χ1v) is 4.66. The minimum absolute atomic E-state index is 0.856. The molecular formula is C9H18N2. The van der Waals surface area contributed by atoms with Crippen LogP contribution >= 0.6 is 0 Å². The van der Waals surface area contributed by atoms with Gasteiger partial charge in [0.2, 0.25) is 0 Å². The molecule has 0 spiro atoms. The first-order chi connectivity index (χ1) is 5.29. The van der Waals surface area contributed by atoms with Crippen LogP contribution in [0.4, 0.5) is 0 Å². The minimum atomic E-state index is 0.856. The summed E-state index contributed by atoms with van der Waals surface area (Å²) in [7, 11) is 4.43. The van der Waals surface area contributed by atoms with Gasteiger partial charge in [0.15, 0.2) is 0 Å². The van der Waals surface area contributed by atoms with Crippen LogP contribution in [0.2, 0.25) is 0 Å². The molecule has 11 heavy (non-hydrogen) atoms. The molecule has 2 aliphatic rings. The van der Waals surface area contributed by atoms with Crippen LogP contribution in [0.25, 0.3) is 0 Å². The van der Waals surface area contributed by atoms with E-state index in [9.17, 15) is 0 Å². The Morgan fingerprint density at radius 1 is 1.18 bits per heavy atom. The van der Waals surface area contributed by atoms with Crippen LogP contribution in [0.5, 0.6) is 0 Å². The number of nitrogens with one attached hydrogen (secondary N) is 1. The molecule has 1 N–H and O–H groups in total. The Balaban J connectivity index is 2.03. The third kappa shape index (κ3) is 1.18. The molecule has 2 rings (SSSR count). The quantitative estimate of drug-likeness (QED) is 0.593. The normalized spacial score (nSPS) is 43.4. The summed E-state index contributed by atoms with van der Waals surface area (Å²) in [5.74, 6) is 1.94. The van der Waals surface area contributed by atoms with Gasteiger partial charge in [-0.3, -0.25) is 0 Å². The van der Waals surface area contributed by atoms with Crippen molar-refractivity contribution >= 4 is 0 Å². The molecule has 2 heteroatoms. The molecule has 2 fully saturated rings. The first-order valence-electron chi connectivity index (χ1n) is 4.66. The fourth-order valence-electron chi connectivity index (χ4n) is 2.76. The minimum Gasteiger partial charge on any atom is -0.316 e. The molecule has 2 unspecified atom stereocenters. The Hall–Kier alpha value is -0.0800. The summed E-state index contributed by atoms with van der Waals surface area (Å²) in [6.45, 7) is 2.53. The summed E-state index contributed by atoms with van der Waals surface area (Å²) >= 11 is 0. The summed E-state index contributed by atoms with van der Waals surface area (Å²) in [6, 6.07) is 0.856. The highest BCUT2D eigenvalue weighted by Crippen LogP contribution is 2.36. The summed E-state index contributed by atoms with van der Waals surface area (Å²) in [4.78, 5) is 2.40. The summed E-state index contributed by atoms with van der Waals surface area (Å²) in [5, 5.41) is 3.48. The number of fused-ring (bicyclic) bond motifs is 1. The highest BCUT2D eigenvalue weighted by atomic mass is 15.1. The second-order valence-corrected chi connectivity index (χ2v) is 4.19. The molecule has 64 valence electrons. The zero-order valence-electron chi connectivity index (χ0n) is 7.51. The predicted molar refractivity (Wildman–Crippen MR) is 46.6 cm³/mol. The monoisotopic (exact) mass is 154 g/mol. The van der Waals surface area contributed by atoms with Crippen LogP contribution in [-0.2, 0) is 0 Å². The van der Waals surface area contributed by atoms with Gasteiger partial charge in [0, 0.05) is 6.04 Å². The van der Waals surface area contributed by atoms with E-state index < -0.39 is 0 Å². The Morgan fingerprint density at radius 3 is 2.73 bits per heavy atom. The molecule has 3 atom stereocenters. The van der Waals surface area contributed by atoms with Crippen LogP contribution in [0.1, 0.15) is 12.8 Å². The van der Waals surface area contributed by atoms with E-state index >= 15 is 0 Å². The van der Waals surface area contributed by atoms with Gasteiger partial charge in [-0.2, -0.15) is 0 Å². The zero-order valence-corrected chi connectivity index (χ0v) is 7.51. The zero-order chi connectivity index (χ0) is 7.84. The van der Waals surface area contributed by atoms with Crippen molar-refractivity contribution in [3.63, 3.8) is 0 Å². The molecule has 0 radical (unpaired) electrons. The molecule has 1 aliphatic heterocycles. The molecule has 0 aromatic carbocycles. The van der Waals surface area contributed by atoms with Gasteiger partial charge in [-0.05, 0) is 51.9 Å². The maximum Gasteiger partial charge on any atom is 0.0133 e. The molecule has 1 saturated carbocycles. The fourth-order valence-corrected chi connectivity index (χ4v) is 2.76. The van der Waals surface area contributed by atoms with Crippen LogP contribution in [0.15, 0.2) is 0 Å². The largest absolute Gasteiger partial charge is 0.316 e. The average molecular weight is 154 g/mol. The third-order valence-corrected chi connectivity index (χ3v) is 3.38. The highest BCUT2D eigenvalue weighted by Gasteiger charge is 2.39. The van der Waals surface area contributed by atoms with Gasteiger partial charge < -0.3 is 10.2 Å². The van der Waals surface area contributed by atoms with E-state index in [0.29, 0.717) is 0 Å². The van der Waals surface area contributed by atoms with Crippen molar-refractivity contribution in [3.05, 3.63) is 0 Å². The number of rotatable bonds is 1. The number of nitrogens with zero attached hydrogens (tertiary/aromatic N) is 1. The average Bonchev–Trinajstić information content (AvgIpc) is 2.41. The number of hydrogen-bond donors (Lipinski definition) is 1. The van der Waals surface area contributed by atoms with E-state index in [1.165, 1.54) is 25.9 Å². The van der Waals surface area contributed by atoms with E-state index in [2.05, 4.69) is 24.3 Å². The van der Waals surface area contributed by atoms with Crippen LogP contribution < -0.4 is 5.32 Å². The Morgan fingerprint density at radius 2 is 2.00 bits per heavy atom. The molecule has 0 amide bonds. The highest BCUT2D eigenvalue weighted by molar-refractivity contribution is 4.95. The van der Waals surface area contributed by atoms with Crippen molar-refractivity contribution in [1.29, 1.82) is 0 Å². The smallest absolute Gasteiger partial charge is 0.0133 e. The van der Waals surface area contributed by atoms with Crippen molar-refractivity contribution in [2.75, 3.05) is 27.2 Å². The van der Waals surface area contributed by atoms with Gasteiger partial charge in [0.1, 0.15) is 0 Å². The van der Waals surface area contributed by atoms with Gasteiger partial charge in [0.25, 0.3) is 0 Å². The summed E-state index contributed by atoms with van der Waals surface area (Å²) in [6.07, 6.45) is 2.87. The third-order valence-electron chi connectivity index (χ3n) is 3.38. The fraction of sp³-hybridized carbons (Fsp3) is 1.00. The topological polar surface area (TPSA) is 15.3 Å². The van der Waals surface area contributed by atoms with Crippen LogP contribution in [0, 0.1) is 11.8 Å². The van der Waals surface area contributed by atoms with Crippen LogP contribution in [0.3, 0.4) is 0 Å². The Bertz CT molecular complexity index is 144. The first kappa shape index (κ1) is 7.56. The van der Waals surface area contributed by atoms with E-state index in [4.69, 9.17) is 0 Å². The summed E-state index contributed by atoms with van der Waals surface area (Å²) < 4.78 is 0. The summed E-state index contributed by atoms with van der Waals surface area (Å²) in [5.41, 5.74) is 0. The molecule has 1 heterocycles. The molecule has 0 aromatic rings. The van der Waals surface area contributed by atoms with Crippen molar-refractivity contribution in [3.8, 4) is 0 Å². The van der Waals surface area contributed by atoms with Gasteiger partial charge in [-0.25, -0.2) is 0 Å². The van der Waals surface area contributed by atoms with Crippen molar-refractivity contribution < 1.29 is 0 Å². The second-order valence-electron chi connectivity index (χ2n) is 4.19. The molecule has 0 bridgehead atoms. The Kier molecular flexibility index (Phi) is 1.90. The van der Waals surface area contributed by atoms with Crippen molar-refractivity contribution in [2.45, 2.75) is 18.9 Å². The van der Waals surface area contributed by atoms with Gasteiger partial charge in [0.05, 0.1) is 0 Å². The molecule has 1 saturated heterocycles. The Labute approximate surface area is 69.0 Å². The second kappa shape index (κ2) is 2.76. The maximum atomic E-state index is 3.48.